The smallest absolute Gasteiger partial charge is 0.268 e. The zero-order chi connectivity index (χ0) is 23.8. The van der Waals surface area contributed by atoms with Crippen molar-refractivity contribution in [1.29, 1.82) is 0 Å². The summed E-state index contributed by atoms with van der Waals surface area (Å²) < 4.78 is 48.3. The Labute approximate surface area is 191 Å². The molecule has 1 aromatic heterocycles. The highest BCUT2D eigenvalue weighted by atomic mass is 32.2. The summed E-state index contributed by atoms with van der Waals surface area (Å²) in [7, 11) is -2.33. The van der Waals surface area contributed by atoms with Crippen molar-refractivity contribution in [3.8, 4) is 5.75 Å². The number of carbonyl (C=O) groups is 1. The van der Waals surface area contributed by atoms with Crippen LogP contribution >= 0.6 is 0 Å². The van der Waals surface area contributed by atoms with E-state index in [1.54, 1.807) is 68.6 Å². The summed E-state index contributed by atoms with van der Waals surface area (Å²) >= 11 is 0. The number of ether oxygens (including phenoxy) is 1. The summed E-state index contributed by atoms with van der Waals surface area (Å²) in [5.74, 6) is -0.117. The van der Waals surface area contributed by atoms with Crippen molar-refractivity contribution in [2.75, 3.05) is 11.9 Å². The van der Waals surface area contributed by atoms with Gasteiger partial charge in [-0.25, -0.2) is 16.8 Å². The van der Waals surface area contributed by atoms with E-state index in [1.165, 1.54) is 30.0 Å². The lowest BCUT2D eigenvalue weighted by Crippen LogP contribution is -2.22. The Morgan fingerprint density at radius 2 is 1.73 bits per heavy atom. The Kier molecular flexibility index (Phi) is 5.95. The van der Waals surface area contributed by atoms with E-state index in [1.807, 2.05) is 0 Å². The number of carbonyl (C=O) groups excluding carboxylic acids is 1. The minimum absolute atomic E-state index is 0.0523. The van der Waals surface area contributed by atoms with Crippen molar-refractivity contribution in [1.82, 2.24) is 3.97 Å². The van der Waals surface area contributed by atoms with E-state index in [4.69, 9.17) is 4.74 Å². The van der Waals surface area contributed by atoms with Gasteiger partial charge in [-0.15, -0.1) is 0 Å². The number of hydrogen-bond donors (Lipinski definition) is 0. The second kappa shape index (κ2) is 8.71. The predicted octanol–water partition coefficient (Wildman–Crippen LogP) is 4.89. The summed E-state index contributed by atoms with van der Waals surface area (Å²) in [6.45, 7) is 3.14. The van der Waals surface area contributed by atoms with Crippen LogP contribution in [0.2, 0.25) is 0 Å². The second-order valence-electron chi connectivity index (χ2n) is 7.73. The number of hydrogen-bond acceptors (Lipinski definition) is 4. The molecule has 0 atom stereocenters. The molecule has 0 unspecified atom stereocenters. The first-order chi connectivity index (χ1) is 15.7. The molecule has 4 aromatic rings. The first kappa shape index (κ1) is 22.5. The molecule has 0 radical (unpaired) electrons. The lowest BCUT2D eigenvalue weighted by atomic mass is 10.2. The number of nitrogens with zero attached hydrogens (tertiary/aromatic N) is 2. The third kappa shape index (κ3) is 4.34. The Morgan fingerprint density at radius 3 is 2.39 bits per heavy atom. The van der Waals surface area contributed by atoms with E-state index in [2.05, 4.69) is 0 Å². The Balaban J connectivity index is 1.73. The standard InChI is InChI=1S/C25H23FN2O4S/c1-17-6-4-5-7-25(17)33(30,31)28-22(14-19-8-9-20(26)15-24(19)28)16-32-23-12-10-21(11-13-23)27(3)18(2)29/h4-15H,16H2,1-3H3. The Morgan fingerprint density at radius 1 is 1.03 bits per heavy atom. The van der Waals surface area contributed by atoms with Crippen LogP contribution < -0.4 is 9.64 Å². The number of rotatable bonds is 6. The first-order valence-corrected chi connectivity index (χ1v) is 11.7. The predicted molar refractivity (Wildman–Crippen MR) is 126 cm³/mol. The van der Waals surface area contributed by atoms with Gasteiger partial charge in [-0.05, 0) is 67.1 Å². The fourth-order valence-corrected chi connectivity index (χ4v) is 5.39. The van der Waals surface area contributed by atoms with Gasteiger partial charge in [0.25, 0.3) is 10.0 Å². The Hall–Kier alpha value is -3.65. The summed E-state index contributed by atoms with van der Waals surface area (Å²) in [5, 5.41) is 0.589. The molecule has 0 bridgehead atoms. The minimum Gasteiger partial charge on any atom is -0.487 e. The van der Waals surface area contributed by atoms with Crippen LogP contribution in [0.5, 0.6) is 5.75 Å². The van der Waals surface area contributed by atoms with Gasteiger partial charge in [0.1, 0.15) is 18.2 Å². The SMILES string of the molecule is CC(=O)N(C)c1ccc(OCc2cc3ccc(F)cc3n2S(=O)(=O)c2ccccc2C)cc1. The first-order valence-electron chi connectivity index (χ1n) is 10.3. The minimum atomic E-state index is -4.01. The molecule has 3 aromatic carbocycles. The van der Waals surface area contributed by atoms with E-state index < -0.39 is 15.8 Å². The molecule has 0 aliphatic heterocycles. The van der Waals surface area contributed by atoms with Crippen LogP contribution in [-0.2, 0) is 21.4 Å². The van der Waals surface area contributed by atoms with Crippen LogP contribution in [0.25, 0.3) is 10.9 Å². The van der Waals surface area contributed by atoms with Crippen molar-refractivity contribution in [2.45, 2.75) is 25.3 Å². The van der Waals surface area contributed by atoms with Gasteiger partial charge in [0.05, 0.1) is 16.1 Å². The fraction of sp³-hybridized carbons (Fsp3) is 0.160. The number of aryl methyl sites for hydroxylation is 1. The highest BCUT2D eigenvalue weighted by molar-refractivity contribution is 7.90. The van der Waals surface area contributed by atoms with Gasteiger partial charge in [0.2, 0.25) is 5.91 Å². The molecule has 0 saturated carbocycles. The molecule has 1 amide bonds. The van der Waals surface area contributed by atoms with E-state index >= 15 is 0 Å². The van der Waals surface area contributed by atoms with Gasteiger partial charge in [0, 0.05) is 25.0 Å². The molecule has 8 heteroatoms. The van der Waals surface area contributed by atoms with Crippen molar-refractivity contribution in [2.24, 2.45) is 0 Å². The number of fused-ring (bicyclic) bond motifs is 1. The van der Waals surface area contributed by atoms with Crippen molar-refractivity contribution in [3.63, 3.8) is 0 Å². The monoisotopic (exact) mass is 466 g/mol. The molecule has 0 aliphatic carbocycles. The topological polar surface area (TPSA) is 68.6 Å². The number of anilines is 1. The largest absolute Gasteiger partial charge is 0.487 e. The highest BCUT2D eigenvalue weighted by Gasteiger charge is 2.25. The van der Waals surface area contributed by atoms with Crippen LogP contribution in [0.15, 0.2) is 77.7 Å². The van der Waals surface area contributed by atoms with Crippen molar-refractivity contribution < 1.29 is 22.3 Å². The van der Waals surface area contributed by atoms with Gasteiger partial charge in [0.15, 0.2) is 0 Å². The fourth-order valence-electron chi connectivity index (χ4n) is 3.64. The number of amides is 1. The van der Waals surface area contributed by atoms with E-state index in [0.717, 1.165) is 3.97 Å². The molecule has 0 saturated heterocycles. The molecule has 6 nitrogen and oxygen atoms in total. The highest BCUT2D eigenvalue weighted by Crippen LogP contribution is 2.29. The number of aromatic nitrogens is 1. The molecule has 0 aliphatic rings. The molecule has 170 valence electrons. The summed E-state index contributed by atoms with van der Waals surface area (Å²) in [6.07, 6.45) is 0. The lowest BCUT2D eigenvalue weighted by Gasteiger charge is -2.16. The zero-order valence-electron chi connectivity index (χ0n) is 18.4. The van der Waals surface area contributed by atoms with E-state index in [0.29, 0.717) is 28.1 Å². The number of halogens is 1. The normalized spacial score (nSPS) is 11.5. The van der Waals surface area contributed by atoms with Crippen molar-refractivity contribution >= 4 is 32.5 Å². The average molecular weight is 467 g/mol. The molecule has 4 rings (SSSR count). The van der Waals surface area contributed by atoms with Gasteiger partial charge < -0.3 is 9.64 Å². The molecular weight excluding hydrogens is 443 g/mol. The second-order valence-corrected chi connectivity index (χ2v) is 9.49. The average Bonchev–Trinajstić information content (AvgIpc) is 3.16. The summed E-state index contributed by atoms with van der Waals surface area (Å²) in [5.41, 5.74) is 1.91. The third-order valence-corrected chi connectivity index (χ3v) is 7.41. The van der Waals surface area contributed by atoms with Gasteiger partial charge in [-0.2, -0.15) is 0 Å². The van der Waals surface area contributed by atoms with Gasteiger partial charge in [-0.1, -0.05) is 18.2 Å². The van der Waals surface area contributed by atoms with E-state index in [-0.39, 0.29) is 22.9 Å². The summed E-state index contributed by atoms with van der Waals surface area (Å²) in [4.78, 5) is 13.2. The van der Waals surface area contributed by atoms with E-state index in [9.17, 15) is 17.6 Å². The molecule has 1 heterocycles. The summed E-state index contributed by atoms with van der Waals surface area (Å²) in [6, 6.07) is 19.3. The van der Waals surface area contributed by atoms with Crippen LogP contribution in [-0.4, -0.2) is 25.3 Å². The number of benzene rings is 3. The maximum absolute atomic E-state index is 14.0. The molecule has 0 N–H and O–H groups in total. The quantitative estimate of drug-likeness (QED) is 0.406. The van der Waals surface area contributed by atoms with Gasteiger partial charge >= 0.3 is 0 Å². The molecule has 0 fully saturated rings. The zero-order valence-corrected chi connectivity index (χ0v) is 19.3. The van der Waals surface area contributed by atoms with Crippen LogP contribution in [0.1, 0.15) is 18.2 Å². The van der Waals surface area contributed by atoms with Crippen molar-refractivity contribution in [3.05, 3.63) is 89.9 Å². The Bertz CT molecular complexity index is 1440. The maximum Gasteiger partial charge on any atom is 0.268 e. The lowest BCUT2D eigenvalue weighted by molar-refractivity contribution is -0.116. The van der Waals surface area contributed by atoms with Gasteiger partial charge in [-0.3, -0.25) is 4.79 Å². The molecular formula is C25H23FN2O4S. The molecule has 0 spiro atoms. The van der Waals surface area contributed by atoms with Crippen LogP contribution in [0.3, 0.4) is 0 Å². The molecule has 33 heavy (non-hydrogen) atoms. The third-order valence-electron chi connectivity index (χ3n) is 5.49. The van der Waals surface area contributed by atoms with Crippen LogP contribution in [0, 0.1) is 12.7 Å². The maximum atomic E-state index is 14.0. The van der Waals surface area contributed by atoms with Crippen LogP contribution in [0.4, 0.5) is 10.1 Å².